The Kier molecular flexibility index (Phi) is 24.0. The standard InChI is InChI=1S/C5H14N2.C4H12N2.C4H11N.C3H10N2/c1-3-5(6,7)4-2;1-3(5)4(2)6;1-2-3-4-5;1-3(2,4)5/h3-4,6-7H2,1-2H3;3-4H,5-6H2,1-2H3;2-5H2,1H3;4-5H2,1-2H3. The molecule has 0 rings (SSSR count). The number of nitrogens with two attached hydrogens (primary N) is 7. The first-order chi connectivity index (χ1) is 10.2. The Morgan fingerprint density at radius 3 is 1.04 bits per heavy atom. The molecular formula is C16H47N7. The third kappa shape index (κ3) is 61.5. The molecule has 0 aliphatic heterocycles. The lowest BCUT2D eigenvalue weighted by atomic mass is 10.1. The highest BCUT2D eigenvalue weighted by Crippen LogP contribution is 1.99. The molecule has 2 atom stereocenters. The van der Waals surface area contributed by atoms with E-state index in [9.17, 15) is 0 Å². The van der Waals surface area contributed by atoms with Gasteiger partial charge in [-0.3, -0.25) is 0 Å². The van der Waals surface area contributed by atoms with Crippen LogP contribution in [0.4, 0.5) is 0 Å². The van der Waals surface area contributed by atoms with Crippen LogP contribution >= 0.6 is 0 Å². The topological polar surface area (TPSA) is 182 Å². The van der Waals surface area contributed by atoms with Crippen molar-refractivity contribution >= 4 is 0 Å². The van der Waals surface area contributed by atoms with Gasteiger partial charge in [-0.25, -0.2) is 0 Å². The summed E-state index contributed by atoms with van der Waals surface area (Å²) in [5.41, 5.74) is 36.1. The molecule has 2 unspecified atom stereocenters. The van der Waals surface area contributed by atoms with Gasteiger partial charge in [-0.1, -0.05) is 27.2 Å². The first kappa shape index (κ1) is 30.6. The third-order valence-corrected chi connectivity index (χ3v) is 2.70. The molecule has 23 heavy (non-hydrogen) atoms. The van der Waals surface area contributed by atoms with Crippen molar-refractivity contribution in [3.8, 4) is 0 Å². The first-order valence-electron chi connectivity index (χ1n) is 8.55. The highest BCUT2D eigenvalue weighted by Gasteiger charge is 2.10. The molecule has 0 aliphatic rings. The minimum absolute atomic E-state index is 0.130. The Morgan fingerprint density at radius 1 is 0.783 bits per heavy atom. The molecular weight excluding hydrogens is 290 g/mol. The van der Waals surface area contributed by atoms with Gasteiger partial charge in [0.1, 0.15) is 0 Å². The summed E-state index contributed by atoms with van der Waals surface area (Å²) in [6.45, 7) is 14.2. The first-order valence-corrected chi connectivity index (χ1v) is 8.55. The van der Waals surface area contributed by atoms with Gasteiger partial charge >= 0.3 is 0 Å². The molecule has 0 amide bonds. The maximum absolute atomic E-state index is 5.49. The van der Waals surface area contributed by atoms with Crippen molar-refractivity contribution in [3.63, 3.8) is 0 Å². The van der Waals surface area contributed by atoms with Crippen LogP contribution in [0.2, 0.25) is 0 Å². The molecule has 0 fully saturated rings. The fourth-order valence-electron chi connectivity index (χ4n) is 0.454. The Morgan fingerprint density at radius 2 is 1.04 bits per heavy atom. The second kappa shape index (κ2) is 18.1. The third-order valence-electron chi connectivity index (χ3n) is 2.70. The van der Waals surface area contributed by atoms with E-state index in [-0.39, 0.29) is 12.1 Å². The minimum atomic E-state index is -0.500. The summed E-state index contributed by atoms with van der Waals surface area (Å²) in [6, 6.07) is 0.259. The average Bonchev–Trinajstić information content (AvgIpc) is 2.39. The Bertz CT molecular complexity index is 191. The second-order valence-corrected chi connectivity index (χ2v) is 6.62. The summed E-state index contributed by atoms with van der Waals surface area (Å²) in [4.78, 5) is 0. The highest BCUT2D eigenvalue weighted by molar-refractivity contribution is 4.70. The SMILES string of the molecule is CC(C)(N)N.CC(N)C(C)N.CCC(N)(N)CC.CCCCN. The highest BCUT2D eigenvalue weighted by atomic mass is 14.9. The zero-order chi connectivity index (χ0) is 19.7. The van der Waals surface area contributed by atoms with Crippen LogP contribution in [0.25, 0.3) is 0 Å². The average molecular weight is 338 g/mol. The molecule has 0 heterocycles. The van der Waals surface area contributed by atoms with Crippen molar-refractivity contribution in [1.29, 1.82) is 0 Å². The largest absolute Gasteiger partial charge is 0.330 e. The molecule has 0 aromatic carbocycles. The van der Waals surface area contributed by atoms with Crippen molar-refractivity contribution in [3.05, 3.63) is 0 Å². The molecule has 0 saturated heterocycles. The fourth-order valence-corrected chi connectivity index (χ4v) is 0.454. The van der Waals surface area contributed by atoms with Gasteiger partial charge in [0.05, 0.1) is 11.3 Å². The summed E-state index contributed by atoms with van der Waals surface area (Å²) in [7, 11) is 0. The quantitative estimate of drug-likeness (QED) is 0.356. The van der Waals surface area contributed by atoms with Crippen LogP contribution in [0.5, 0.6) is 0 Å². The van der Waals surface area contributed by atoms with Crippen LogP contribution in [0.15, 0.2) is 0 Å². The van der Waals surface area contributed by atoms with E-state index in [0.29, 0.717) is 0 Å². The summed E-state index contributed by atoms with van der Waals surface area (Å²) in [5.74, 6) is 0. The summed E-state index contributed by atoms with van der Waals surface area (Å²) in [6.07, 6.45) is 4.09. The van der Waals surface area contributed by atoms with Crippen molar-refractivity contribution in [2.75, 3.05) is 6.54 Å². The molecule has 0 aromatic heterocycles. The molecule has 0 spiro atoms. The van der Waals surface area contributed by atoms with Crippen molar-refractivity contribution in [2.45, 2.75) is 97.6 Å². The van der Waals surface area contributed by atoms with E-state index in [1.54, 1.807) is 13.8 Å². The van der Waals surface area contributed by atoms with Crippen molar-refractivity contribution in [2.24, 2.45) is 40.1 Å². The second-order valence-electron chi connectivity index (χ2n) is 6.62. The molecule has 0 bridgehead atoms. The predicted octanol–water partition coefficient (Wildman–Crippen LogP) is 0.486. The van der Waals surface area contributed by atoms with Crippen LogP contribution in [0.1, 0.15) is 74.1 Å². The zero-order valence-electron chi connectivity index (χ0n) is 16.7. The Balaban J connectivity index is -0.000000106. The van der Waals surface area contributed by atoms with Crippen molar-refractivity contribution < 1.29 is 0 Å². The fraction of sp³-hybridized carbons (Fsp3) is 1.00. The van der Waals surface area contributed by atoms with E-state index in [0.717, 1.165) is 19.4 Å². The molecule has 7 nitrogen and oxygen atoms in total. The van der Waals surface area contributed by atoms with E-state index in [2.05, 4.69) is 6.92 Å². The molecule has 146 valence electrons. The number of unbranched alkanes of at least 4 members (excludes halogenated alkanes) is 1. The molecule has 0 radical (unpaired) electrons. The Labute approximate surface area is 145 Å². The van der Waals surface area contributed by atoms with Crippen LogP contribution < -0.4 is 40.1 Å². The van der Waals surface area contributed by atoms with E-state index in [4.69, 9.17) is 40.1 Å². The summed E-state index contributed by atoms with van der Waals surface area (Å²) in [5, 5.41) is 0. The van der Waals surface area contributed by atoms with E-state index < -0.39 is 11.3 Å². The maximum atomic E-state index is 5.49. The lowest BCUT2D eigenvalue weighted by Gasteiger charge is -2.19. The molecule has 0 aliphatic carbocycles. The summed E-state index contributed by atoms with van der Waals surface area (Å²) >= 11 is 0. The molecule has 7 heteroatoms. The lowest BCUT2D eigenvalue weighted by Crippen LogP contribution is -2.47. The minimum Gasteiger partial charge on any atom is -0.330 e. The van der Waals surface area contributed by atoms with Gasteiger partial charge in [0.25, 0.3) is 0 Å². The van der Waals surface area contributed by atoms with Gasteiger partial charge in [-0.15, -0.1) is 0 Å². The molecule has 0 saturated carbocycles. The van der Waals surface area contributed by atoms with E-state index in [1.165, 1.54) is 12.8 Å². The van der Waals surface area contributed by atoms with E-state index >= 15 is 0 Å². The molecule has 0 aromatic rings. The van der Waals surface area contributed by atoms with Gasteiger partial charge < -0.3 is 40.1 Å². The van der Waals surface area contributed by atoms with Gasteiger partial charge in [-0.05, 0) is 53.5 Å². The summed E-state index contributed by atoms with van der Waals surface area (Å²) < 4.78 is 0. The number of hydrogen-bond acceptors (Lipinski definition) is 7. The lowest BCUT2D eigenvalue weighted by molar-refractivity contribution is 0.412. The smallest absolute Gasteiger partial charge is 0.0631 e. The number of hydrogen-bond donors (Lipinski definition) is 7. The zero-order valence-corrected chi connectivity index (χ0v) is 16.7. The van der Waals surface area contributed by atoms with Gasteiger partial charge in [0.15, 0.2) is 0 Å². The van der Waals surface area contributed by atoms with Crippen LogP contribution in [-0.4, -0.2) is 30.0 Å². The van der Waals surface area contributed by atoms with Gasteiger partial charge in [0.2, 0.25) is 0 Å². The maximum Gasteiger partial charge on any atom is 0.0631 e. The van der Waals surface area contributed by atoms with Crippen LogP contribution in [0.3, 0.4) is 0 Å². The monoisotopic (exact) mass is 337 g/mol. The predicted molar refractivity (Wildman–Crippen MR) is 105 cm³/mol. The van der Waals surface area contributed by atoms with Crippen LogP contribution in [0, 0.1) is 0 Å². The normalized spacial score (nSPS) is 13.3. The van der Waals surface area contributed by atoms with Crippen LogP contribution in [-0.2, 0) is 0 Å². The Hall–Kier alpha value is -0.280. The number of rotatable bonds is 5. The molecule has 14 N–H and O–H groups in total. The van der Waals surface area contributed by atoms with Gasteiger partial charge in [-0.2, -0.15) is 0 Å². The van der Waals surface area contributed by atoms with E-state index in [1.807, 2.05) is 27.7 Å². The van der Waals surface area contributed by atoms with Gasteiger partial charge in [0, 0.05) is 12.1 Å². The van der Waals surface area contributed by atoms with Crippen molar-refractivity contribution in [1.82, 2.24) is 0 Å².